The molecule has 1 heterocycles. The maximum absolute atomic E-state index is 12.1. The average Bonchev–Trinajstić information content (AvgIpc) is 2.90. The maximum atomic E-state index is 12.1. The van der Waals surface area contributed by atoms with E-state index in [1.54, 1.807) is 12.1 Å². The Morgan fingerprint density at radius 2 is 1.60 bits per heavy atom. The fourth-order valence-electron chi connectivity index (χ4n) is 4.37. The molecule has 1 aliphatic rings. The SMILES string of the molecule is CC(CCCCCc1ccc(-c2ccc(OC3CCCCO3)cc2)cc1)OC(=O)c1ccccc1. The molecule has 2 unspecified atom stereocenters. The predicted octanol–water partition coefficient (Wildman–Crippen LogP) is 7.61. The van der Waals surface area contributed by atoms with Crippen LogP contribution in [0, 0.1) is 0 Å². The fourth-order valence-corrected chi connectivity index (χ4v) is 4.37. The van der Waals surface area contributed by atoms with Crippen molar-refractivity contribution in [1.82, 2.24) is 0 Å². The summed E-state index contributed by atoms with van der Waals surface area (Å²) in [7, 11) is 0. The molecule has 0 bridgehead atoms. The second-order valence-electron chi connectivity index (χ2n) is 9.32. The van der Waals surface area contributed by atoms with Crippen LogP contribution in [-0.4, -0.2) is 25.0 Å². The minimum Gasteiger partial charge on any atom is -0.465 e. The van der Waals surface area contributed by atoms with Gasteiger partial charge in [0.15, 0.2) is 6.29 Å². The molecule has 3 aromatic carbocycles. The minimum absolute atomic E-state index is 0.0611. The predicted molar refractivity (Wildman–Crippen MR) is 140 cm³/mol. The van der Waals surface area contributed by atoms with E-state index in [2.05, 4.69) is 36.4 Å². The summed E-state index contributed by atoms with van der Waals surface area (Å²) < 4.78 is 17.1. The van der Waals surface area contributed by atoms with E-state index in [0.29, 0.717) is 5.56 Å². The summed E-state index contributed by atoms with van der Waals surface area (Å²) in [5.74, 6) is 0.625. The molecule has 3 aromatic rings. The number of benzene rings is 3. The third kappa shape index (κ3) is 7.97. The first kappa shape index (κ1) is 25.0. The summed E-state index contributed by atoms with van der Waals surface area (Å²) in [4.78, 5) is 12.1. The van der Waals surface area contributed by atoms with Gasteiger partial charge in [-0.25, -0.2) is 4.79 Å². The molecular weight excluding hydrogens is 436 g/mol. The molecule has 35 heavy (non-hydrogen) atoms. The summed E-state index contributed by atoms with van der Waals surface area (Å²) in [5, 5.41) is 0. The second kappa shape index (κ2) is 13.1. The van der Waals surface area contributed by atoms with Crippen LogP contribution in [0.15, 0.2) is 78.9 Å². The van der Waals surface area contributed by atoms with Crippen LogP contribution in [-0.2, 0) is 15.9 Å². The van der Waals surface area contributed by atoms with E-state index in [1.807, 2.05) is 37.3 Å². The summed E-state index contributed by atoms with van der Waals surface area (Å²) >= 11 is 0. The zero-order chi connectivity index (χ0) is 24.3. The van der Waals surface area contributed by atoms with Crippen molar-refractivity contribution in [2.75, 3.05) is 6.61 Å². The Kier molecular flexibility index (Phi) is 9.36. The topological polar surface area (TPSA) is 44.8 Å². The van der Waals surface area contributed by atoms with Gasteiger partial charge in [-0.2, -0.15) is 0 Å². The third-order valence-electron chi connectivity index (χ3n) is 6.44. The molecule has 4 nitrogen and oxygen atoms in total. The molecule has 1 fully saturated rings. The van der Waals surface area contributed by atoms with Crippen LogP contribution >= 0.6 is 0 Å². The lowest BCUT2D eigenvalue weighted by atomic mass is 10.0. The van der Waals surface area contributed by atoms with E-state index in [9.17, 15) is 4.79 Å². The minimum atomic E-state index is -0.237. The monoisotopic (exact) mass is 472 g/mol. The van der Waals surface area contributed by atoms with Crippen LogP contribution in [0.5, 0.6) is 5.75 Å². The molecule has 0 amide bonds. The highest BCUT2D eigenvalue weighted by Gasteiger charge is 2.15. The van der Waals surface area contributed by atoms with Crippen molar-refractivity contribution in [3.63, 3.8) is 0 Å². The van der Waals surface area contributed by atoms with Gasteiger partial charge in [-0.05, 0) is 86.4 Å². The lowest BCUT2D eigenvalue weighted by molar-refractivity contribution is -0.105. The zero-order valence-electron chi connectivity index (χ0n) is 20.7. The van der Waals surface area contributed by atoms with Crippen LogP contribution in [0.3, 0.4) is 0 Å². The van der Waals surface area contributed by atoms with Gasteiger partial charge < -0.3 is 14.2 Å². The van der Waals surface area contributed by atoms with Gasteiger partial charge in [0.25, 0.3) is 0 Å². The lowest BCUT2D eigenvalue weighted by Gasteiger charge is -2.23. The zero-order valence-corrected chi connectivity index (χ0v) is 20.7. The van der Waals surface area contributed by atoms with Crippen LogP contribution < -0.4 is 4.74 Å². The number of unbranched alkanes of at least 4 members (excludes halogenated alkanes) is 2. The summed E-state index contributed by atoms with van der Waals surface area (Å²) in [6.07, 6.45) is 8.35. The van der Waals surface area contributed by atoms with E-state index < -0.39 is 0 Å². The van der Waals surface area contributed by atoms with E-state index in [4.69, 9.17) is 14.2 Å². The van der Waals surface area contributed by atoms with Gasteiger partial charge in [0.2, 0.25) is 0 Å². The van der Waals surface area contributed by atoms with E-state index >= 15 is 0 Å². The lowest BCUT2D eigenvalue weighted by Crippen LogP contribution is -2.24. The van der Waals surface area contributed by atoms with Gasteiger partial charge in [-0.3, -0.25) is 0 Å². The van der Waals surface area contributed by atoms with Crippen LogP contribution in [0.4, 0.5) is 0 Å². The Bertz CT molecular complexity index is 1020. The Morgan fingerprint density at radius 3 is 2.29 bits per heavy atom. The number of ether oxygens (including phenoxy) is 3. The van der Waals surface area contributed by atoms with Gasteiger partial charge in [0.1, 0.15) is 5.75 Å². The van der Waals surface area contributed by atoms with Gasteiger partial charge in [0.05, 0.1) is 18.3 Å². The number of aryl methyl sites for hydroxylation is 1. The molecule has 1 aliphatic heterocycles. The molecule has 184 valence electrons. The number of carbonyl (C=O) groups excluding carboxylic acids is 1. The molecule has 0 aromatic heterocycles. The number of rotatable bonds is 11. The van der Waals surface area contributed by atoms with Gasteiger partial charge in [0, 0.05) is 6.42 Å². The molecule has 4 rings (SSSR count). The molecule has 0 radical (unpaired) electrons. The molecule has 0 spiro atoms. The smallest absolute Gasteiger partial charge is 0.338 e. The Labute approximate surface area is 209 Å². The Balaban J connectivity index is 1.15. The quantitative estimate of drug-likeness (QED) is 0.213. The van der Waals surface area contributed by atoms with Crippen molar-refractivity contribution < 1.29 is 19.0 Å². The molecule has 0 N–H and O–H groups in total. The summed E-state index contributed by atoms with van der Waals surface area (Å²) in [6.45, 7) is 2.76. The highest BCUT2D eigenvalue weighted by molar-refractivity contribution is 5.89. The summed E-state index contributed by atoms with van der Waals surface area (Å²) in [5.41, 5.74) is 4.36. The maximum Gasteiger partial charge on any atom is 0.338 e. The third-order valence-corrected chi connectivity index (χ3v) is 6.44. The first-order valence-corrected chi connectivity index (χ1v) is 12.9. The number of carbonyl (C=O) groups is 1. The van der Waals surface area contributed by atoms with Crippen molar-refractivity contribution >= 4 is 5.97 Å². The van der Waals surface area contributed by atoms with Crippen molar-refractivity contribution in [1.29, 1.82) is 0 Å². The highest BCUT2D eigenvalue weighted by Crippen LogP contribution is 2.25. The molecule has 0 saturated carbocycles. The Morgan fingerprint density at radius 1 is 0.886 bits per heavy atom. The molecule has 4 heteroatoms. The Hall–Kier alpha value is -3.11. The van der Waals surface area contributed by atoms with Crippen LogP contribution in [0.25, 0.3) is 11.1 Å². The van der Waals surface area contributed by atoms with Crippen LogP contribution in [0.2, 0.25) is 0 Å². The van der Waals surface area contributed by atoms with Crippen LogP contribution in [0.1, 0.15) is 67.8 Å². The number of hydrogen-bond donors (Lipinski definition) is 0. The van der Waals surface area contributed by atoms with Gasteiger partial charge >= 0.3 is 5.97 Å². The molecular formula is C31H36O4. The first-order valence-electron chi connectivity index (χ1n) is 12.9. The largest absolute Gasteiger partial charge is 0.465 e. The van der Waals surface area contributed by atoms with Crippen molar-refractivity contribution in [3.05, 3.63) is 90.0 Å². The van der Waals surface area contributed by atoms with Crippen molar-refractivity contribution in [3.8, 4) is 16.9 Å². The van der Waals surface area contributed by atoms with Crippen molar-refractivity contribution in [2.45, 2.75) is 70.7 Å². The molecule has 2 atom stereocenters. The van der Waals surface area contributed by atoms with E-state index in [-0.39, 0.29) is 18.4 Å². The van der Waals surface area contributed by atoms with Gasteiger partial charge in [-0.1, -0.05) is 61.0 Å². The number of hydrogen-bond acceptors (Lipinski definition) is 4. The van der Waals surface area contributed by atoms with E-state index in [0.717, 1.165) is 57.3 Å². The standard InChI is InChI=1S/C31H36O4/c1-24(34-31(32)28-12-6-3-7-13-28)10-4-2-5-11-25-15-17-26(18-16-25)27-19-21-29(22-20-27)35-30-14-8-9-23-33-30/h3,6-7,12-13,15-22,24,30H,2,4-5,8-11,14,23H2,1H3. The summed E-state index contributed by atoms with van der Waals surface area (Å²) in [6, 6.07) is 26.3. The highest BCUT2D eigenvalue weighted by atomic mass is 16.7. The average molecular weight is 473 g/mol. The number of esters is 1. The fraction of sp³-hybridized carbons (Fsp3) is 0.387. The van der Waals surface area contributed by atoms with E-state index in [1.165, 1.54) is 23.1 Å². The van der Waals surface area contributed by atoms with Crippen molar-refractivity contribution in [2.24, 2.45) is 0 Å². The first-order chi connectivity index (χ1) is 17.2. The van der Waals surface area contributed by atoms with Gasteiger partial charge in [-0.15, -0.1) is 0 Å². The normalized spacial score (nSPS) is 16.4. The molecule has 1 saturated heterocycles. The molecule has 0 aliphatic carbocycles. The second-order valence-corrected chi connectivity index (χ2v) is 9.32.